The van der Waals surface area contributed by atoms with Gasteiger partial charge in [-0.15, -0.1) is 0 Å². The minimum atomic E-state index is -4.70. The maximum atomic E-state index is 12.8. The lowest BCUT2D eigenvalue weighted by atomic mass is 10.1. The van der Waals surface area contributed by atoms with Gasteiger partial charge in [0.2, 0.25) is 0 Å². The lowest BCUT2D eigenvalue weighted by molar-refractivity contribution is -0.138. The number of carbonyl (C=O) groups is 1. The predicted octanol–water partition coefficient (Wildman–Crippen LogP) is 3.89. The monoisotopic (exact) mass is 287 g/mol. The van der Waals surface area contributed by atoms with Crippen LogP contribution in [0, 0.1) is 11.3 Å². The van der Waals surface area contributed by atoms with Crippen molar-refractivity contribution in [3.8, 4) is 11.8 Å². The van der Waals surface area contributed by atoms with Crippen LogP contribution in [0.3, 0.4) is 0 Å². The van der Waals surface area contributed by atoms with E-state index >= 15 is 0 Å². The van der Waals surface area contributed by atoms with Gasteiger partial charge in [0, 0.05) is 0 Å². The minimum absolute atomic E-state index is 0.0587. The molecule has 0 saturated carbocycles. The van der Waals surface area contributed by atoms with E-state index in [2.05, 4.69) is 4.74 Å². The zero-order valence-electron chi connectivity index (χ0n) is 11.0. The second-order valence-electron chi connectivity index (χ2n) is 4.89. The van der Waals surface area contributed by atoms with Gasteiger partial charge < -0.3 is 9.47 Å². The van der Waals surface area contributed by atoms with Crippen LogP contribution in [0.5, 0.6) is 5.75 Å². The van der Waals surface area contributed by atoms with Gasteiger partial charge in [0.1, 0.15) is 11.4 Å². The minimum Gasteiger partial charge on any atom is -0.428 e. The quantitative estimate of drug-likeness (QED) is 0.580. The largest absolute Gasteiger partial charge is 0.514 e. The highest BCUT2D eigenvalue weighted by molar-refractivity contribution is 5.65. The maximum Gasteiger partial charge on any atom is 0.514 e. The molecule has 0 aliphatic heterocycles. The number of benzene rings is 1. The molecule has 108 valence electrons. The van der Waals surface area contributed by atoms with E-state index in [-0.39, 0.29) is 5.56 Å². The lowest BCUT2D eigenvalue weighted by Crippen LogP contribution is -2.26. The fourth-order valence-electron chi connectivity index (χ4n) is 1.27. The molecule has 1 rings (SSSR count). The fraction of sp³-hybridized carbons (Fsp3) is 0.385. The number of hydrogen-bond acceptors (Lipinski definition) is 4. The number of alkyl halides is 3. The Hall–Kier alpha value is -2.23. The smallest absolute Gasteiger partial charge is 0.428 e. The Morgan fingerprint density at radius 3 is 2.30 bits per heavy atom. The third kappa shape index (κ3) is 4.46. The predicted molar refractivity (Wildman–Crippen MR) is 63.0 cm³/mol. The molecule has 0 saturated heterocycles. The van der Waals surface area contributed by atoms with E-state index in [1.165, 1.54) is 0 Å². The maximum absolute atomic E-state index is 12.8. The van der Waals surface area contributed by atoms with E-state index in [9.17, 15) is 18.0 Å². The topological polar surface area (TPSA) is 59.3 Å². The molecule has 0 N–H and O–H groups in total. The Labute approximate surface area is 113 Å². The van der Waals surface area contributed by atoms with Crippen molar-refractivity contribution in [2.24, 2.45) is 0 Å². The summed E-state index contributed by atoms with van der Waals surface area (Å²) in [6.45, 7) is 4.64. The first-order chi connectivity index (χ1) is 9.03. The molecule has 0 spiro atoms. The van der Waals surface area contributed by atoms with Crippen LogP contribution >= 0.6 is 0 Å². The number of hydrogen-bond donors (Lipinski definition) is 0. The molecular formula is C13H12F3NO3. The van der Waals surface area contributed by atoms with Gasteiger partial charge in [0.05, 0.1) is 17.2 Å². The molecule has 0 aromatic heterocycles. The second-order valence-corrected chi connectivity index (χ2v) is 4.89. The molecule has 1 aromatic carbocycles. The molecule has 0 radical (unpaired) electrons. The van der Waals surface area contributed by atoms with Crippen molar-refractivity contribution < 1.29 is 27.4 Å². The van der Waals surface area contributed by atoms with Gasteiger partial charge in [-0.1, -0.05) is 0 Å². The number of carbonyl (C=O) groups excluding carboxylic acids is 1. The van der Waals surface area contributed by atoms with Crippen molar-refractivity contribution in [3.63, 3.8) is 0 Å². The molecule has 4 nitrogen and oxygen atoms in total. The van der Waals surface area contributed by atoms with Crippen LogP contribution < -0.4 is 4.74 Å². The van der Waals surface area contributed by atoms with Gasteiger partial charge in [0.25, 0.3) is 0 Å². The number of nitriles is 1. The van der Waals surface area contributed by atoms with Gasteiger partial charge in [-0.25, -0.2) is 4.79 Å². The van der Waals surface area contributed by atoms with Crippen LogP contribution in [-0.2, 0) is 10.9 Å². The van der Waals surface area contributed by atoms with Crippen LogP contribution in [0.2, 0.25) is 0 Å². The van der Waals surface area contributed by atoms with Crippen LogP contribution in [0.15, 0.2) is 18.2 Å². The number of halogens is 3. The van der Waals surface area contributed by atoms with E-state index in [4.69, 9.17) is 10.00 Å². The summed E-state index contributed by atoms with van der Waals surface area (Å²) in [5.74, 6) is -0.759. The Morgan fingerprint density at radius 1 is 1.25 bits per heavy atom. The van der Waals surface area contributed by atoms with Crippen molar-refractivity contribution in [1.29, 1.82) is 5.26 Å². The summed E-state index contributed by atoms with van der Waals surface area (Å²) in [5, 5.41) is 8.67. The van der Waals surface area contributed by atoms with Crippen LogP contribution in [0.25, 0.3) is 0 Å². The first-order valence-corrected chi connectivity index (χ1v) is 5.55. The lowest BCUT2D eigenvalue weighted by Gasteiger charge is -2.19. The normalized spacial score (nSPS) is 11.7. The van der Waals surface area contributed by atoms with Gasteiger partial charge in [-0.2, -0.15) is 18.4 Å². The Balaban J connectivity index is 3.09. The molecule has 0 amide bonds. The SMILES string of the molecule is CC(C)(C)OC(=O)Oc1cc(C#N)ccc1C(F)(F)F. The van der Waals surface area contributed by atoms with E-state index in [0.717, 1.165) is 12.1 Å². The third-order valence-corrected chi connectivity index (χ3v) is 2.00. The van der Waals surface area contributed by atoms with Gasteiger partial charge in [-0.05, 0) is 39.0 Å². The third-order valence-electron chi connectivity index (χ3n) is 2.00. The van der Waals surface area contributed by atoms with Crippen LogP contribution in [0.1, 0.15) is 31.9 Å². The molecule has 0 heterocycles. The molecule has 7 heteroatoms. The van der Waals surface area contributed by atoms with Gasteiger partial charge >= 0.3 is 12.3 Å². The highest BCUT2D eigenvalue weighted by Gasteiger charge is 2.35. The Morgan fingerprint density at radius 2 is 1.85 bits per heavy atom. The molecular weight excluding hydrogens is 275 g/mol. The van der Waals surface area contributed by atoms with Gasteiger partial charge in [0.15, 0.2) is 0 Å². The zero-order chi connectivity index (χ0) is 15.6. The average Bonchev–Trinajstić information content (AvgIpc) is 2.24. The summed E-state index contributed by atoms with van der Waals surface area (Å²) in [5.41, 5.74) is -2.11. The number of nitrogens with zero attached hydrogens (tertiary/aromatic N) is 1. The molecule has 1 aromatic rings. The number of rotatable bonds is 1. The molecule has 0 fully saturated rings. The summed E-state index contributed by atoms with van der Waals surface area (Å²) < 4.78 is 47.6. The van der Waals surface area contributed by atoms with E-state index < -0.39 is 29.2 Å². The van der Waals surface area contributed by atoms with Gasteiger partial charge in [-0.3, -0.25) is 0 Å². The molecule has 0 aliphatic carbocycles. The second kappa shape index (κ2) is 5.41. The molecule has 0 unspecified atom stereocenters. The first kappa shape index (κ1) is 15.8. The van der Waals surface area contributed by atoms with Crippen molar-refractivity contribution in [2.45, 2.75) is 32.5 Å². The van der Waals surface area contributed by atoms with Crippen molar-refractivity contribution in [1.82, 2.24) is 0 Å². The van der Waals surface area contributed by atoms with Crippen molar-refractivity contribution in [2.75, 3.05) is 0 Å². The highest BCUT2D eigenvalue weighted by atomic mass is 19.4. The standard InChI is InChI=1S/C13H12F3NO3/c1-12(2,3)20-11(18)19-10-6-8(7-17)4-5-9(10)13(14,15)16/h4-6H,1-3H3. The summed E-state index contributed by atoms with van der Waals surface area (Å²) in [6.07, 6.45) is -5.97. The van der Waals surface area contributed by atoms with E-state index in [1.54, 1.807) is 26.8 Å². The van der Waals surface area contributed by atoms with Crippen molar-refractivity contribution in [3.05, 3.63) is 29.3 Å². The fourth-order valence-corrected chi connectivity index (χ4v) is 1.27. The highest BCUT2D eigenvalue weighted by Crippen LogP contribution is 2.37. The zero-order valence-corrected chi connectivity index (χ0v) is 11.0. The van der Waals surface area contributed by atoms with Crippen molar-refractivity contribution >= 4 is 6.16 Å². The Kier molecular flexibility index (Phi) is 4.28. The summed E-state index contributed by atoms with van der Waals surface area (Å²) in [6, 6.07) is 4.18. The van der Waals surface area contributed by atoms with Crippen LogP contribution in [0.4, 0.5) is 18.0 Å². The molecule has 0 aliphatic rings. The van der Waals surface area contributed by atoms with E-state index in [1.807, 2.05) is 0 Å². The number of ether oxygens (including phenoxy) is 2. The molecule has 20 heavy (non-hydrogen) atoms. The van der Waals surface area contributed by atoms with E-state index in [0.29, 0.717) is 6.07 Å². The molecule has 0 bridgehead atoms. The van der Waals surface area contributed by atoms with Crippen LogP contribution in [-0.4, -0.2) is 11.8 Å². The summed E-state index contributed by atoms with van der Waals surface area (Å²) >= 11 is 0. The average molecular weight is 287 g/mol. The summed E-state index contributed by atoms with van der Waals surface area (Å²) in [4.78, 5) is 11.4. The first-order valence-electron chi connectivity index (χ1n) is 5.55. The molecule has 0 atom stereocenters. The summed E-state index contributed by atoms with van der Waals surface area (Å²) in [7, 11) is 0. The Bertz CT molecular complexity index is 553.